The number of rotatable bonds is 8. The largest absolute Gasteiger partial charge is 0.486 e. The van der Waals surface area contributed by atoms with Crippen molar-refractivity contribution >= 4 is 34.0 Å². The highest BCUT2D eigenvalue weighted by atomic mass is 35.5. The van der Waals surface area contributed by atoms with Crippen molar-refractivity contribution < 1.29 is 17.5 Å². The maximum Gasteiger partial charge on any atom is 0.242 e. The molecule has 27 heavy (non-hydrogen) atoms. The van der Waals surface area contributed by atoms with Gasteiger partial charge in [0.2, 0.25) is 10.0 Å². The van der Waals surface area contributed by atoms with Gasteiger partial charge in [0.1, 0.15) is 23.9 Å². The van der Waals surface area contributed by atoms with Crippen LogP contribution in [-0.4, -0.2) is 48.4 Å². The minimum atomic E-state index is -3.58. The SMILES string of the molecule is CN(C)S(=O)(=O)c1ccc(OCc2cn(C/C(F)=C/CN)nn2)c(Cl)c1.Cl. The Labute approximate surface area is 168 Å². The smallest absolute Gasteiger partial charge is 0.242 e. The lowest BCUT2D eigenvalue weighted by Crippen LogP contribution is -2.22. The van der Waals surface area contributed by atoms with Crippen LogP contribution in [0, 0.1) is 0 Å². The molecule has 8 nitrogen and oxygen atoms in total. The molecule has 0 aliphatic rings. The van der Waals surface area contributed by atoms with Crippen molar-refractivity contribution in [1.82, 2.24) is 19.3 Å². The summed E-state index contributed by atoms with van der Waals surface area (Å²) >= 11 is 6.10. The van der Waals surface area contributed by atoms with Crippen molar-refractivity contribution in [2.75, 3.05) is 20.6 Å². The van der Waals surface area contributed by atoms with E-state index in [2.05, 4.69) is 10.3 Å². The zero-order valence-electron chi connectivity index (χ0n) is 14.7. The van der Waals surface area contributed by atoms with Crippen LogP contribution in [0.3, 0.4) is 0 Å². The summed E-state index contributed by atoms with van der Waals surface area (Å²) in [7, 11) is -0.712. The minimum absolute atomic E-state index is 0. The molecule has 0 saturated heterocycles. The molecule has 1 aromatic heterocycles. The van der Waals surface area contributed by atoms with Gasteiger partial charge >= 0.3 is 0 Å². The second-order valence-electron chi connectivity index (χ2n) is 5.46. The zero-order chi connectivity index (χ0) is 19.3. The number of sulfonamides is 1. The molecule has 1 heterocycles. The van der Waals surface area contributed by atoms with E-state index in [1.165, 1.54) is 49.2 Å². The molecule has 0 aliphatic heterocycles. The maximum atomic E-state index is 13.4. The van der Waals surface area contributed by atoms with Crippen molar-refractivity contribution in [2.45, 2.75) is 18.0 Å². The van der Waals surface area contributed by atoms with E-state index in [1.54, 1.807) is 0 Å². The van der Waals surface area contributed by atoms with Crippen LogP contribution in [0.1, 0.15) is 5.69 Å². The molecule has 12 heteroatoms. The monoisotopic (exact) mass is 439 g/mol. The van der Waals surface area contributed by atoms with Gasteiger partial charge in [-0.3, -0.25) is 0 Å². The average Bonchev–Trinajstić information content (AvgIpc) is 3.01. The van der Waals surface area contributed by atoms with Gasteiger partial charge in [0.25, 0.3) is 0 Å². The Balaban J connectivity index is 0.00000364. The summed E-state index contributed by atoms with van der Waals surface area (Å²) < 4.78 is 45.5. The molecule has 0 fully saturated rings. The van der Waals surface area contributed by atoms with Gasteiger partial charge < -0.3 is 10.5 Å². The van der Waals surface area contributed by atoms with Crippen LogP contribution in [0.2, 0.25) is 5.02 Å². The van der Waals surface area contributed by atoms with Crippen molar-refractivity contribution in [3.63, 3.8) is 0 Å². The lowest BCUT2D eigenvalue weighted by molar-refractivity contribution is 0.301. The minimum Gasteiger partial charge on any atom is -0.486 e. The molecule has 0 amide bonds. The molecular formula is C15H20Cl2FN5O3S. The van der Waals surface area contributed by atoms with E-state index < -0.39 is 15.9 Å². The van der Waals surface area contributed by atoms with Crippen molar-refractivity contribution in [3.8, 4) is 5.75 Å². The fraction of sp³-hybridized carbons (Fsp3) is 0.333. The Morgan fingerprint density at radius 3 is 2.74 bits per heavy atom. The van der Waals surface area contributed by atoms with E-state index in [0.29, 0.717) is 11.4 Å². The van der Waals surface area contributed by atoms with Gasteiger partial charge in [0.05, 0.1) is 22.7 Å². The summed E-state index contributed by atoms with van der Waals surface area (Å²) in [4.78, 5) is 0.0629. The van der Waals surface area contributed by atoms with Crippen molar-refractivity contribution in [3.05, 3.63) is 47.0 Å². The van der Waals surface area contributed by atoms with Gasteiger partial charge in [0.15, 0.2) is 0 Å². The van der Waals surface area contributed by atoms with E-state index in [-0.39, 0.29) is 42.0 Å². The van der Waals surface area contributed by atoms with Gasteiger partial charge in [-0.05, 0) is 24.3 Å². The third kappa shape index (κ3) is 6.15. The molecule has 0 unspecified atom stereocenters. The number of halogens is 3. The summed E-state index contributed by atoms with van der Waals surface area (Å²) in [5.74, 6) is -0.112. The molecule has 0 radical (unpaired) electrons. The van der Waals surface area contributed by atoms with E-state index in [1.807, 2.05) is 0 Å². The van der Waals surface area contributed by atoms with Crippen LogP contribution < -0.4 is 10.5 Å². The fourth-order valence-corrected chi connectivity index (χ4v) is 3.18. The predicted molar refractivity (Wildman–Crippen MR) is 102 cm³/mol. The topological polar surface area (TPSA) is 103 Å². The molecule has 150 valence electrons. The zero-order valence-corrected chi connectivity index (χ0v) is 17.1. The summed E-state index contributed by atoms with van der Waals surface area (Å²) in [6.07, 6.45) is 2.78. The molecule has 0 spiro atoms. The van der Waals surface area contributed by atoms with Gasteiger partial charge in [0, 0.05) is 20.6 Å². The molecule has 2 rings (SSSR count). The third-order valence-corrected chi connectivity index (χ3v) is 5.40. The molecule has 0 bridgehead atoms. The number of aromatic nitrogens is 3. The summed E-state index contributed by atoms with van der Waals surface area (Å²) in [6.45, 7) is 0.0817. The highest BCUT2D eigenvalue weighted by Crippen LogP contribution is 2.28. The molecule has 2 aromatic rings. The lowest BCUT2D eigenvalue weighted by Gasteiger charge is -2.13. The van der Waals surface area contributed by atoms with Crippen LogP contribution >= 0.6 is 24.0 Å². The van der Waals surface area contributed by atoms with Crippen molar-refractivity contribution in [2.24, 2.45) is 5.73 Å². The average molecular weight is 440 g/mol. The summed E-state index contributed by atoms with van der Waals surface area (Å²) in [6, 6.07) is 4.18. The number of hydrogen-bond donors (Lipinski definition) is 1. The highest BCUT2D eigenvalue weighted by molar-refractivity contribution is 7.89. The molecular weight excluding hydrogens is 420 g/mol. The fourth-order valence-electron chi connectivity index (χ4n) is 1.95. The third-order valence-electron chi connectivity index (χ3n) is 3.30. The Morgan fingerprint density at radius 2 is 2.15 bits per heavy atom. The molecule has 1 aromatic carbocycles. The number of ether oxygens (including phenoxy) is 1. The molecule has 0 saturated carbocycles. The Hall–Kier alpha value is -1.72. The molecule has 0 atom stereocenters. The van der Waals surface area contributed by atoms with E-state index in [4.69, 9.17) is 22.1 Å². The summed E-state index contributed by atoms with van der Waals surface area (Å²) in [5.41, 5.74) is 5.70. The molecule has 2 N–H and O–H groups in total. The van der Waals surface area contributed by atoms with Gasteiger partial charge in [-0.2, -0.15) is 0 Å². The van der Waals surface area contributed by atoms with Gasteiger partial charge in [-0.1, -0.05) is 16.8 Å². The Kier molecular flexibility index (Phi) is 8.63. The first-order valence-electron chi connectivity index (χ1n) is 7.52. The van der Waals surface area contributed by atoms with E-state index >= 15 is 0 Å². The summed E-state index contributed by atoms with van der Waals surface area (Å²) in [5, 5.41) is 7.81. The normalized spacial score (nSPS) is 12.1. The first-order valence-corrected chi connectivity index (χ1v) is 9.34. The number of allylic oxidation sites excluding steroid dienone is 1. The van der Waals surface area contributed by atoms with Crippen molar-refractivity contribution in [1.29, 1.82) is 0 Å². The van der Waals surface area contributed by atoms with Crippen LogP contribution in [-0.2, 0) is 23.2 Å². The number of benzene rings is 1. The Bertz CT molecular complexity index is 903. The number of nitrogens with two attached hydrogens (primary N) is 1. The van der Waals surface area contributed by atoms with E-state index in [0.717, 1.165) is 4.31 Å². The quantitative estimate of drug-likeness (QED) is 0.674. The Morgan fingerprint density at radius 1 is 1.44 bits per heavy atom. The van der Waals surface area contributed by atoms with Crippen LogP contribution in [0.5, 0.6) is 5.75 Å². The number of hydrogen-bond acceptors (Lipinski definition) is 6. The second kappa shape index (κ2) is 10.00. The first kappa shape index (κ1) is 23.3. The maximum absolute atomic E-state index is 13.4. The van der Waals surface area contributed by atoms with Crippen LogP contribution in [0.25, 0.3) is 0 Å². The highest BCUT2D eigenvalue weighted by Gasteiger charge is 2.18. The van der Waals surface area contributed by atoms with E-state index in [9.17, 15) is 12.8 Å². The standard InChI is InChI=1S/C15H19ClFN5O3S.ClH/c1-21(2)26(23,24)13-3-4-15(14(16)7-13)25-10-12-9-22(20-19-12)8-11(17)5-6-18;/h3-5,7,9H,6,8,10,18H2,1-2H3;1H/b11-5-;. The number of nitrogens with zero attached hydrogens (tertiary/aromatic N) is 4. The predicted octanol–water partition coefficient (Wildman–Crippen LogP) is 1.99. The lowest BCUT2D eigenvalue weighted by atomic mass is 10.3. The van der Waals surface area contributed by atoms with Gasteiger partial charge in [-0.25, -0.2) is 21.8 Å². The molecule has 0 aliphatic carbocycles. The van der Waals surface area contributed by atoms with Crippen LogP contribution in [0.4, 0.5) is 4.39 Å². The second-order valence-corrected chi connectivity index (χ2v) is 8.02. The van der Waals surface area contributed by atoms with Crippen LogP contribution in [0.15, 0.2) is 41.2 Å². The first-order chi connectivity index (χ1) is 12.2. The van der Waals surface area contributed by atoms with Gasteiger partial charge in [-0.15, -0.1) is 17.5 Å².